The molecular weight excluding hydrogens is 88.1 g/mol. The summed E-state index contributed by atoms with van der Waals surface area (Å²) in [5.41, 5.74) is 0. The summed E-state index contributed by atoms with van der Waals surface area (Å²) in [6.45, 7) is 1.20. The van der Waals surface area contributed by atoms with Gasteiger partial charge in [0, 0.05) is 12.6 Å². The molecule has 2 unspecified atom stereocenters. The fraction of sp³-hybridized carbons (Fsp3) is 1.00. The van der Waals surface area contributed by atoms with Crippen LogP contribution in [0.3, 0.4) is 0 Å². The summed E-state index contributed by atoms with van der Waals surface area (Å²) in [5, 5.41) is 6.76. The van der Waals surface area contributed by atoms with Gasteiger partial charge in [0.15, 0.2) is 0 Å². The maximum absolute atomic E-state index is 3.42. The molecule has 0 aliphatic carbocycles. The van der Waals surface area contributed by atoms with Crippen molar-refractivity contribution in [3.05, 3.63) is 0 Å². The van der Waals surface area contributed by atoms with Crippen molar-refractivity contribution in [1.29, 1.82) is 0 Å². The van der Waals surface area contributed by atoms with Gasteiger partial charge in [-0.25, -0.2) is 0 Å². The second-order valence-electron chi connectivity index (χ2n) is 2.40. The Kier molecular flexibility index (Phi) is 0.664. The first-order valence-electron chi connectivity index (χ1n) is 2.94. The molecule has 2 rings (SSSR count). The fourth-order valence-corrected chi connectivity index (χ4v) is 1.43. The summed E-state index contributed by atoms with van der Waals surface area (Å²) < 4.78 is 0. The molecule has 2 heterocycles. The van der Waals surface area contributed by atoms with Gasteiger partial charge in [-0.05, 0) is 12.8 Å². The van der Waals surface area contributed by atoms with Gasteiger partial charge in [-0.15, -0.1) is 0 Å². The molecule has 0 aromatic carbocycles. The molecule has 2 aliphatic heterocycles. The molecule has 2 heteroatoms. The lowest BCUT2D eigenvalue weighted by Gasteiger charge is -2.05. The highest BCUT2D eigenvalue weighted by Gasteiger charge is 2.29. The van der Waals surface area contributed by atoms with Crippen molar-refractivity contribution in [2.45, 2.75) is 25.0 Å². The highest BCUT2D eigenvalue weighted by atomic mass is 15.2. The van der Waals surface area contributed by atoms with Crippen LogP contribution in [0.25, 0.3) is 0 Å². The first-order valence-corrected chi connectivity index (χ1v) is 2.94. The van der Waals surface area contributed by atoms with Gasteiger partial charge in [-0.3, -0.25) is 5.32 Å². The van der Waals surface area contributed by atoms with Crippen LogP contribution in [0.1, 0.15) is 12.8 Å². The zero-order chi connectivity index (χ0) is 4.69. The van der Waals surface area contributed by atoms with Crippen molar-refractivity contribution in [3.63, 3.8) is 0 Å². The van der Waals surface area contributed by atoms with Crippen LogP contribution in [0.2, 0.25) is 0 Å². The lowest BCUT2D eigenvalue weighted by Crippen LogP contribution is -2.27. The maximum Gasteiger partial charge on any atom is 0.0575 e. The molecule has 0 spiro atoms. The Balaban J connectivity index is 2.12. The molecule has 2 fully saturated rings. The summed E-state index contributed by atoms with van der Waals surface area (Å²) in [7, 11) is 0. The zero-order valence-corrected chi connectivity index (χ0v) is 4.28. The van der Waals surface area contributed by atoms with Crippen LogP contribution in [0, 0.1) is 0 Å². The lowest BCUT2D eigenvalue weighted by molar-refractivity contribution is 0.538. The monoisotopic (exact) mass is 98.1 g/mol. The smallest absolute Gasteiger partial charge is 0.0575 e. The first-order chi connectivity index (χ1) is 3.45. The van der Waals surface area contributed by atoms with Gasteiger partial charge in [-0.1, -0.05) is 0 Å². The van der Waals surface area contributed by atoms with Gasteiger partial charge in [0.05, 0.1) is 6.17 Å². The third-order valence-corrected chi connectivity index (χ3v) is 1.85. The zero-order valence-electron chi connectivity index (χ0n) is 4.28. The van der Waals surface area contributed by atoms with Crippen molar-refractivity contribution >= 4 is 0 Å². The van der Waals surface area contributed by atoms with E-state index in [1.54, 1.807) is 0 Å². The summed E-state index contributed by atoms with van der Waals surface area (Å²) >= 11 is 0. The molecule has 2 N–H and O–H groups in total. The van der Waals surface area contributed by atoms with E-state index in [1.807, 2.05) is 0 Å². The van der Waals surface area contributed by atoms with Crippen LogP contribution < -0.4 is 10.6 Å². The van der Waals surface area contributed by atoms with Crippen molar-refractivity contribution in [2.75, 3.05) is 6.54 Å². The van der Waals surface area contributed by atoms with Crippen LogP contribution in [0.5, 0.6) is 0 Å². The van der Waals surface area contributed by atoms with Crippen molar-refractivity contribution < 1.29 is 0 Å². The van der Waals surface area contributed by atoms with E-state index in [0.717, 1.165) is 6.04 Å². The molecule has 2 nitrogen and oxygen atoms in total. The molecule has 0 amide bonds. The van der Waals surface area contributed by atoms with E-state index in [-0.39, 0.29) is 0 Å². The van der Waals surface area contributed by atoms with Crippen LogP contribution in [-0.4, -0.2) is 18.8 Å². The van der Waals surface area contributed by atoms with Crippen LogP contribution in [-0.2, 0) is 0 Å². The highest BCUT2D eigenvalue weighted by Crippen LogP contribution is 2.14. The van der Waals surface area contributed by atoms with Crippen molar-refractivity contribution in [1.82, 2.24) is 10.6 Å². The number of rotatable bonds is 0. The summed E-state index contributed by atoms with van der Waals surface area (Å²) in [6.07, 6.45) is 3.40. The average Bonchev–Trinajstić information content (AvgIpc) is 2.22. The second kappa shape index (κ2) is 1.20. The van der Waals surface area contributed by atoms with E-state index in [0.29, 0.717) is 6.17 Å². The first kappa shape index (κ1) is 3.87. The van der Waals surface area contributed by atoms with E-state index in [4.69, 9.17) is 0 Å². The molecule has 40 valence electrons. The standard InChI is InChI=1S/C5H10N2/c1-2-5-6-3-4(1)7-5/h4-7H,1-3H2. The van der Waals surface area contributed by atoms with E-state index in [9.17, 15) is 0 Å². The Hall–Kier alpha value is -0.0800. The SMILES string of the molecule is C1CC2NCC1N2. The largest absolute Gasteiger partial charge is 0.300 e. The fourth-order valence-electron chi connectivity index (χ4n) is 1.43. The molecule has 2 saturated heterocycles. The van der Waals surface area contributed by atoms with Gasteiger partial charge < -0.3 is 5.32 Å². The molecule has 2 bridgehead atoms. The molecule has 0 aromatic rings. The van der Waals surface area contributed by atoms with Crippen molar-refractivity contribution in [3.8, 4) is 0 Å². The molecule has 0 radical (unpaired) electrons. The normalized spacial score (nSPS) is 48.0. The van der Waals surface area contributed by atoms with E-state index in [2.05, 4.69) is 10.6 Å². The maximum atomic E-state index is 3.42. The number of hydrogen-bond acceptors (Lipinski definition) is 2. The van der Waals surface area contributed by atoms with Crippen LogP contribution in [0.15, 0.2) is 0 Å². The Morgan fingerprint density at radius 1 is 1.29 bits per heavy atom. The summed E-state index contributed by atoms with van der Waals surface area (Å²) in [5.74, 6) is 0. The third kappa shape index (κ3) is 0.469. The summed E-state index contributed by atoms with van der Waals surface area (Å²) in [6, 6.07) is 0.810. The van der Waals surface area contributed by atoms with Crippen LogP contribution in [0.4, 0.5) is 0 Å². The van der Waals surface area contributed by atoms with Gasteiger partial charge in [-0.2, -0.15) is 0 Å². The molecule has 0 saturated carbocycles. The minimum atomic E-state index is 0.671. The molecular formula is C5H10N2. The average molecular weight is 98.1 g/mol. The van der Waals surface area contributed by atoms with Crippen molar-refractivity contribution in [2.24, 2.45) is 0 Å². The number of fused-ring (bicyclic) bond motifs is 2. The van der Waals surface area contributed by atoms with Gasteiger partial charge in [0.25, 0.3) is 0 Å². The third-order valence-electron chi connectivity index (χ3n) is 1.85. The van der Waals surface area contributed by atoms with Gasteiger partial charge in [0.2, 0.25) is 0 Å². The minimum Gasteiger partial charge on any atom is -0.300 e. The Bertz CT molecular complexity index is 64.1. The van der Waals surface area contributed by atoms with E-state index >= 15 is 0 Å². The summed E-state index contributed by atoms with van der Waals surface area (Å²) in [4.78, 5) is 0. The highest BCUT2D eigenvalue weighted by molar-refractivity contribution is 4.90. The number of nitrogens with one attached hydrogen (secondary N) is 2. The number of piperidine rings is 1. The van der Waals surface area contributed by atoms with E-state index < -0.39 is 0 Å². The molecule has 0 aromatic heterocycles. The molecule has 2 aliphatic rings. The Labute approximate surface area is 43.3 Å². The number of hydrogen-bond donors (Lipinski definition) is 2. The Morgan fingerprint density at radius 3 is 2.43 bits per heavy atom. The predicted molar refractivity (Wildman–Crippen MR) is 27.9 cm³/mol. The quantitative estimate of drug-likeness (QED) is 0.433. The topological polar surface area (TPSA) is 24.1 Å². The lowest BCUT2D eigenvalue weighted by atomic mass is 10.2. The van der Waals surface area contributed by atoms with E-state index in [1.165, 1.54) is 19.4 Å². The van der Waals surface area contributed by atoms with Gasteiger partial charge in [0.1, 0.15) is 0 Å². The van der Waals surface area contributed by atoms with Crippen LogP contribution >= 0.6 is 0 Å². The molecule has 2 atom stereocenters. The predicted octanol–water partition coefficient (Wildman–Crippen LogP) is -0.332. The van der Waals surface area contributed by atoms with Gasteiger partial charge >= 0.3 is 0 Å². The minimum absolute atomic E-state index is 0.671. The second-order valence-corrected chi connectivity index (χ2v) is 2.40. The Morgan fingerprint density at radius 2 is 2.29 bits per heavy atom. The molecule has 7 heavy (non-hydrogen) atoms.